The van der Waals surface area contributed by atoms with E-state index in [1.54, 1.807) is 9.47 Å². The maximum Gasteiger partial charge on any atom is 0.341 e. The highest BCUT2D eigenvalue weighted by Crippen LogP contribution is 2.37. The summed E-state index contributed by atoms with van der Waals surface area (Å²) in [6.45, 7) is 0.815. The minimum Gasteiger partial charge on any atom is -0.477 e. The molecule has 3 aromatic rings. The lowest BCUT2D eigenvalue weighted by Gasteiger charge is -2.21. The molecule has 0 spiro atoms. The van der Waals surface area contributed by atoms with Gasteiger partial charge in [0.05, 0.1) is 11.4 Å². The van der Waals surface area contributed by atoms with Crippen LogP contribution in [0, 0.1) is 5.82 Å². The van der Waals surface area contributed by atoms with Crippen molar-refractivity contribution in [1.29, 1.82) is 0 Å². The Hall–Kier alpha value is -3.79. The Morgan fingerprint density at radius 3 is 2.66 bits per heavy atom. The molecular formula is C25H26FN5O4. The molecule has 10 heteroatoms. The Balaban J connectivity index is 1.35. The molecule has 1 amide bonds. The fourth-order valence-corrected chi connectivity index (χ4v) is 4.58. The van der Waals surface area contributed by atoms with Gasteiger partial charge in [-0.1, -0.05) is 30.3 Å². The van der Waals surface area contributed by atoms with Gasteiger partial charge in [0.15, 0.2) is 11.6 Å². The van der Waals surface area contributed by atoms with Crippen LogP contribution < -0.4 is 21.4 Å². The van der Waals surface area contributed by atoms with Gasteiger partial charge in [-0.15, -0.1) is 0 Å². The van der Waals surface area contributed by atoms with Crippen molar-refractivity contribution in [3.63, 3.8) is 0 Å². The molecule has 9 nitrogen and oxygen atoms in total. The van der Waals surface area contributed by atoms with Crippen LogP contribution in [0.2, 0.25) is 0 Å². The zero-order chi connectivity index (χ0) is 24.7. The molecule has 1 aromatic carbocycles. The predicted octanol–water partition coefficient (Wildman–Crippen LogP) is 1.83. The summed E-state index contributed by atoms with van der Waals surface area (Å²) < 4.78 is 16.8. The molecule has 35 heavy (non-hydrogen) atoms. The van der Waals surface area contributed by atoms with Crippen LogP contribution in [0.4, 0.5) is 10.2 Å². The molecule has 1 aliphatic carbocycles. The third kappa shape index (κ3) is 4.61. The summed E-state index contributed by atoms with van der Waals surface area (Å²) >= 11 is 0. The van der Waals surface area contributed by atoms with Crippen molar-refractivity contribution in [1.82, 2.24) is 14.9 Å². The fraction of sp³-hybridized carbons (Fsp3) is 0.360. The molecule has 2 aliphatic rings. The highest BCUT2D eigenvalue weighted by molar-refractivity contribution is 5.92. The van der Waals surface area contributed by atoms with E-state index in [1.165, 1.54) is 6.20 Å². The average molecular weight is 480 g/mol. The SMILES string of the molecule is N[C@@H](Cc1ccccc1)C(=O)N[C@@H]1CCN(c2nc3c(cc2F)c(=O)c(C(=O)O)cn3C2CC2)C1. The molecule has 1 saturated heterocycles. The lowest BCUT2D eigenvalue weighted by molar-refractivity contribution is -0.122. The van der Waals surface area contributed by atoms with Gasteiger partial charge in [0.25, 0.3) is 0 Å². The van der Waals surface area contributed by atoms with E-state index in [4.69, 9.17) is 5.73 Å². The second-order valence-corrected chi connectivity index (χ2v) is 9.22. The van der Waals surface area contributed by atoms with Crippen molar-refractivity contribution in [2.24, 2.45) is 5.73 Å². The van der Waals surface area contributed by atoms with Crippen LogP contribution in [0.3, 0.4) is 0 Å². The molecule has 1 aliphatic heterocycles. The maximum atomic E-state index is 15.1. The molecule has 2 atom stereocenters. The molecule has 5 rings (SSSR count). The smallest absolute Gasteiger partial charge is 0.341 e. The van der Waals surface area contributed by atoms with Crippen LogP contribution in [0.25, 0.3) is 11.0 Å². The van der Waals surface area contributed by atoms with Crippen LogP contribution >= 0.6 is 0 Å². The van der Waals surface area contributed by atoms with Crippen molar-refractivity contribution in [2.45, 2.75) is 43.8 Å². The van der Waals surface area contributed by atoms with Gasteiger partial charge in [-0.25, -0.2) is 14.2 Å². The van der Waals surface area contributed by atoms with Crippen molar-refractivity contribution in [3.05, 3.63) is 69.8 Å². The van der Waals surface area contributed by atoms with Crippen molar-refractivity contribution >= 4 is 28.7 Å². The normalized spacial score (nSPS) is 18.6. The number of nitrogens with two attached hydrogens (primary N) is 1. The molecule has 2 fully saturated rings. The summed E-state index contributed by atoms with van der Waals surface area (Å²) in [4.78, 5) is 43.0. The summed E-state index contributed by atoms with van der Waals surface area (Å²) in [5, 5.41) is 12.3. The zero-order valence-corrected chi connectivity index (χ0v) is 19.0. The second-order valence-electron chi connectivity index (χ2n) is 9.22. The van der Waals surface area contributed by atoms with Crippen LogP contribution in [0.5, 0.6) is 0 Å². The molecule has 4 N–H and O–H groups in total. The molecule has 0 bridgehead atoms. The Morgan fingerprint density at radius 1 is 1.23 bits per heavy atom. The van der Waals surface area contributed by atoms with Gasteiger partial charge in [0.2, 0.25) is 11.3 Å². The van der Waals surface area contributed by atoms with E-state index in [0.717, 1.165) is 24.5 Å². The molecule has 2 aromatic heterocycles. The fourth-order valence-electron chi connectivity index (χ4n) is 4.58. The number of carboxylic acids is 1. The number of nitrogens with zero attached hydrogens (tertiary/aromatic N) is 3. The highest BCUT2D eigenvalue weighted by Gasteiger charge is 2.31. The van der Waals surface area contributed by atoms with Crippen LogP contribution in [-0.4, -0.2) is 51.7 Å². The third-order valence-corrected chi connectivity index (χ3v) is 6.58. The topological polar surface area (TPSA) is 131 Å². The lowest BCUT2D eigenvalue weighted by Crippen LogP contribution is -2.47. The third-order valence-electron chi connectivity index (χ3n) is 6.58. The van der Waals surface area contributed by atoms with E-state index in [-0.39, 0.29) is 34.8 Å². The van der Waals surface area contributed by atoms with Gasteiger partial charge in [0, 0.05) is 31.4 Å². The summed E-state index contributed by atoms with van der Waals surface area (Å²) in [6.07, 6.45) is 4.00. The summed E-state index contributed by atoms with van der Waals surface area (Å²) in [5.74, 6) is -2.23. The first-order valence-corrected chi connectivity index (χ1v) is 11.7. The zero-order valence-electron chi connectivity index (χ0n) is 19.0. The number of benzene rings is 1. The number of fused-ring (bicyclic) bond motifs is 1. The Kier molecular flexibility index (Phi) is 5.98. The number of aromatic nitrogens is 2. The van der Waals surface area contributed by atoms with Gasteiger partial charge < -0.3 is 25.6 Å². The molecular weight excluding hydrogens is 453 g/mol. The predicted molar refractivity (Wildman–Crippen MR) is 128 cm³/mol. The summed E-state index contributed by atoms with van der Waals surface area (Å²) in [7, 11) is 0. The number of rotatable bonds is 7. The Morgan fingerprint density at radius 2 is 1.97 bits per heavy atom. The molecule has 1 saturated carbocycles. The molecule has 0 unspecified atom stereocenters. The second kappa shape index (κ2) is 9.10. The number of carbonyl (C=O) groups excluding carboxylic acids is 1. The molecule has 3 heterocycles. The summed E-state index contributed by atoms with van der Waals surface area (Å²) in [6, 6.07) is 9.72. The van der Waals surface area contributed by atoms with Gasteiger partial charge >= 0.3 is 5.97 Å². The van der Waals surface area contributed by atoms with Crippen LogP contribution in [-0.2, 0) is 11.2 Å². The number of carboxylic acid groups (broad SMARTS) is 1. The number of anilines is 1. The number of halogens is 1. The molecule has 182 valence electrons. The number of carbonyl (C=O) groups is 2. The van der Waals surface area contributed by atoms with E-state index in [0.29, 0.717) is 25.9 Å². The van der Waals surface area contributed by atoms with Crippen molar-refractivity contribution < 1.29 is 19.1 Å². The van der Waals surface area contributed by atoms with E-state index in [1.807, 2.05) is 30.3 Å². The first-order chi connectivity index (χ1) is 16.8. The van der Waals surface area contributed by atoms with Crippen molar-refractivity contribution in [3.8, 4) is 0 Å². The van der Waals surface area contributed by atoms with Gasteiger partial charge in [-0.05, 0) is 37.3 Å². The maximum absolute atomic E-state index is 15.1. The minimum absolute atomic E-state index is 0.0405. The quantitative estimate of drug-likeness (QED) is 0.471. The average Bonchev–Trinajstić information content (AvgIpc) is 3.58. The Labute approximate surface area is 200 Å². The van der Waals surface area contributed by atoms with Crippen LogP contribution in [0.15, 0.2) is 47.4 Å². The first kappa shape index (κ1) is 23.0. The van der Waals surface area contributed by atoms with E-state index in [2.05, 4.69) is 10.3 Å². The van der Waals surface area contributed by atoms with Crippen molar-refractivity contribution in [2.75, 3.05) is 18.0 Å². The number of hydrogen-bond acceptors (Lipinski definition) is 6. The van der Waals surface area contributed by atoms with Crippen LogP contribution in [0.1, 0.15) is 41.2 Å². The van der Waals surface area contributed by atoms with Gasteiger partial charge in [0.1, 0.15) is 11.2 Å². The Bertz CT molecular complexity index is 1360. The number of pyridine rings is 2. The van der Waals surface area contributed by atoms with E-state index < -0.39 is 28.8 Å². The first-order valence-electron chi connectivity index (χ1n) is 11.7. The number of aromatic carboxylic acids is 1. The largest absolute Gasteiger partial charge is 0.477 e. The van der Waals surface area contributed by atoms with E-state index in [9.17, 15) is 19.5 Å². The number of nitrogens with one attached hydrogen (secondary N) is 1. The lowest BCUT2D eigenvalue weighted by atomic mass is 10.1. The molecule has 0 radical (unpaired) electrons. The summed E-state index contributed by atoms with van der Waals surface area (Å²) in [5.41, 5.74) is 6.19. The highest BCUT2D eigenvalue weighted by atomic mass is 19.1. The van der Waals surface area contributed by atoms with E-state index >= 15 is 4.39 Å². The monoisotopic (exact) mass is 479 g/mol. The van der Waals surface area contributed by atoms with Gasteiger partial charge in [-0.3, -0.25) is 9.59 Å². The van der Waals surface area contributed by atoms with Gasteiger partial charge in [-0.2, -0.15) is 0 Å². The number of hydrogen-bond donors (Lipinski definition) is 3. The standard InChI is InChI=1S/C25H26FN5O4/c26-19-11-17-21(32)18(25(34)35)13-31(16-6-7-16)22(17)29-23(19)30-9-8-15(12-30)28-24(33)20(27)10-14-4-2-1-3-5-14/h1-5,11,13,15-16,20H,6-10,12,27H2,(H,28,33)(H,34,35)/t15-,20+/m1/s1. The number of amides is 1. The minimum atomic E-state index is -1.35.